The highest BCUT2D eigenvalue weighted by atomic mass is 16.1. The summed E-state index contributed by atoms with van der Waals surface area (Å²) in [5.41, 5.74) is 2.34. The zero-order valence-corrected chi connectivity index (χ0v) is 9.66. The van der Waals surface area contributed by atoms with Crippen molar-refractivity contribution in [3.8, 4) is 6.07 Å². The van der Waals surface area contributed by atoms with Crippen LogP contribution >= 0.6 is 0 Å². The normalized spacial score (nSPS) is 11.6. The number of carbonyl (C=O) groups excluding carboxylic acids is 1. The first-order valence-corrected chi connectivity index (χ1v) is 5.42. The number of rotatable bonds is 4. The van der Waals surface area contributed by atoms with Crippen LogP contribution in [0.2, 0.25) is 0 Å². The number of carbonyl (C=O) groups is 1. The molecule has 0 radical (unpaired) electrons. The van der Waals surface area contributed by atoms with Crippen LogP contribution < -0.4 is 5.32 Å². The number of hydrogen-bond acceptors (Lipinski definition) is 2. The predicted octanol–water partition coefficient (Wildman–Crippen LogP) is 2.34. The van der Waals surface area contributed by atoms with Crippen molar-refractivity contribution in [1.82, 2.24) is 5.32 Å². The molecular formula is C13H16N2O. The van der Waals surface area contributed by atoms with Crippen LogP contribution in [-0.2, 0) is 11.2 Å². The van der Waals surface area contributed by atoms with E-state index in [4.69, 9.17) is 5.26 Å². The van der Waals surface area contributed by atoms with Gasteiger partial charge in [-0.3, -0.25) is 4.79 Å². The molecule has 1 aromatic rings. The number of nitrogens with zero attached hydrogens (tertiary/aromatic N) is 1. The fourth-order valence-electron chi connectivity index (χ4n) is 1.49. The van der Waals surface area contributed by atoms with Crippen LogP contribution in [-0.4, -0.2) is 5.91 Å². The van der Waals surface area contributed by atoms with Crippen LogP contribution in [0.3, 0.4) is 0 Å². The topological polar surface area (TPSA) is 52.9 Å². The molecule has 1 unspecified atom stereocenters. The van der Waals surface area contributed by atoms with Crippen molar-refractivity contribution in [3.05, 3.63) is 35.4 Å². The van der Waals surface area contributed by atoms with Gasteiger partial charge in [0, 0.05) is 0 Å². The third-order valence-electron chi connectivity index (χ3n) is 2.51. The molecule has 1 N–H and O–H groups in total. The van der Waals surface area contributed by atoms with E-state index >= 15 is 0 Å². The predicted molar refractivity (Wildman–Crippen MR) is 62.6 cm³/mol. The molecule has 0 fully saturated rings. The minimum atomic E-state index is -0.227. The highest BCUT2D eigenvalue weighted by Crippen LogP contribution is 2.13. The average Bonchev–Trinajstić information content (AvgIpc) is 2.29. The standard InChI is InChI=1S/C13H16N2O/c1-3-11-4-6-12(7-5-11)10(2)15-13(16)8-9-14/h4-7,10H,3,8H2,1-2H3,(H,15,16). The van der Waals surface area contributed by atoms with Gasteiger partial charge in [0.05, 0.1) is 12.1 Å². The van der Waals surface area contributed by atoms with Crippen LogP contribution in [0.5, 0.6) is 0 Å². The van der Waals surface area contributed by atoms with Crippen molar-refractivity contribution in [1.29, 1.82) is 5.26 Å². The molecule has 3 nitrogen and oxygen atoms in total. The summed E-state index contributed by atoms with van der Waals surface area (Å²) in [4.78, 5) is 11.2. The van der Waals surface area contributed by atoms with E-state index in [1.807, 2.05) is 25.1 Å². The molecule has 1 aromatic carbocycles. The van der Waals surface area contributed by atoms with E-state index in [2.05, 4.69) is 24.4 Å². The number of hydrogen-bond donors (Lipinski definition) is 1. The maximum absolute atomic E-state index is 11.2. The molecule has 0 heterocycles. The molecule has 1 atom stereocenters. The summed E-state index contributed by atoms with van der Waals surface area (Å²) >= 11 is 0. The first kappa shape index (κ1) is 12.3. The maximum Gasteiger partial charge on any atom is 0.234 e. The monoisotopic (exact) mass is 216 g/mol. The summed E-state index contributed by atoms with van der Waals surface area (Å²) in [5.74, 6) is -0.227. The summed E-state index contributed by atoms with van der Waals surface area (Å²) < 4.78 is 0. The molecule has 1 amide bonds. The Hall–Kier alpha value is -1.82. The summed E-state index contributed by atoms with van der Waals surface area (Å²) in [6.07, 6.45) is 0.923. The number of benzene rings is 1. The molecule has 0 aliphatic heterocycles. The lowest BCUT2D eigenvalue weighted by atomic mass is 10.0. The van der Waals surface area contributed by atoms with E-state index in [1.54, 1.807) is 0 Å². The summed E-state index contributed by atoms with van der Waals surface area (Å²) in [6, 6.07) is 9.92. The second kappa shape index (κ2) is 5.92. The van der Waals surface area contributed by atoms with Crippen LogP contribution in [0, 0.1) is 11.3 Å². The number of nitriles is 1. The largest absolute Gasteiger partial charge is 0.349 e. The first-order chi connectivity index (χ1) is 7.67. The van der Waals surface area contributed by atoms with E-state index < -0.39 is 0 Å². The molecule has 0 aliphatic carbocycles. The molecule has 0 bridgehead atoms. The zero-order chi connectivity index (χ0) is 12.0. The van der Waals surface area contributed by atoms with Gasteiger partial charge in [0.2, 0.25) is 5.91 Å². The van der Waals surface area contributed by atoms with Crippen LogP contribution in [0.1, 0.15) is 37.4 Å². The van der Waals surface area contributed by atoms with Gasteiger partial charge >= 0.3 is 0 Å². The van der Waals surface area contributed by atoms with E-state index in [1.165, 1.54) is 5.56 Å². The maximum atomic E-state index is 11.2. The highest BCUT2D eigenvalue weighted by Gasteiger charge is 2.08. The van der Waals surface area contributed by atoms with Gasteiger partial charge in [-0.05, 0) is 24.5 Å². The van der Waals surface area contributed by atoms with Gasteiger partial charge in [-0.25, -0.2) is 0 Å². The molecule has 0 saturated carbocycles. The molecule has 0 aromatic heterocycles. The van der Waals surface area contributed by atoms with Crippen molar-refractivity contribution >= 4 is 5.91 Å². The van der Waals surface area contributed by atoms with E-state index in [0.29, 0.717) is 0 Å². The Morgan fingerprint density at radius 3 is 2.56 bits per heavy atom. The molecule has 3 heteroatoms. The van der Waals surface area contributed by atoms with Gasteiger partial charge in [-0.15, -0.1) is 0 Å². The van der Waals surface area contributed by atoms with Gasteiger partial charge in [0.1, 0.15) is 6.42 Å². The minimum absolute atomic E-state index is 0.0493. The molecular weight excluding hydrogens is 200 g/mol. The zero-order valence-electron chi connectivity index (χ0n) is 9.66. The molecule has 0 aliphatic rings. The number of nitrogens with one attached hydrogen (secondary N) is 1. The summed E-state index contributed by atoms with van der Waals surface area (Å²) in [6.45, 7) is 4.02. The third kappa shape index (κ3) is 3.39. The fraction of sp³-hybridized carbons (Fsp3) is 0.385. The highest BCUT2D eigenvalue weighted by molar-refractivity contribution is 5.78. The van der Waals surface area contributed by atoms with Crippen molar-refractivity contribution in [3.63, 3.8) is 0 Å². The van der Waals surface area contributed by atoms with Crippen LogP contribution in [0.4, 0.5) is 0 Å². The minimum Gasteiger partial charge on any atom is -0.349 e. The number of aryl methyl sites for hydroxylation is 1. The van der Waals surface area contributed by atoms with Gasteiger partial charge in [0.25, 0.3) is 0 Å². The SMILES string of the molecule is CCc1ccc(C(C)NC(=O)CC#N)cc1. The van der Waals surface area contributed by atoms with Crippen molar-refractivity contribution in [2.45, 2.75) is 32.7 Å². The van der Waals surface area contributed by atoms with Crippen molar-refractivity contribution < 1.29 is 4.79 Å². The summed E-state index contributed by atoms with van der Waals surface area (Å²) in [7, 11) is 0. The van der Waals surface area contributed by atoms with Crippen LogP contribution in [0.25, 0.3) is 0 Å². The lowest BCUT2D eigenvalue weighted by molar-refractivity contribution is -0.120. The second-order valence-corrected chi connectivity index (χ2v) is 3.72. The van der Waals surface area contributed by atoms with Gasteiger partial charge in [-0.1, -0.05) is 31.2 Å². The Kier molecular flexibility index (Phi) is 4.53. The van der Waals surface area contributed by atoms with Crippen LogP contribution in [0.15, 0.2) is 24.3 Å². The van der Waals surface area contributed by atoms with E-state index in [9.17, 15) is 4.79 Å². The Balaban J connectivity index is 2.62. The second-order valence-electron chi connectivity index (χ2n) is 3.72. The van der Waals surface area contributed by atoms with Gasteiger partial charge in [0.15, 0.2) is 0 Å². The molecule has 16 heavy (non-hydrogen) atoms. The van der Waals surface area contributed by atoms with Gasteiger partial charge < -0.3 is 5.32 Å². The molecule has 0 spiro atoms. The van der Waals surface area contributed by atoms with Crippen molar-refractivity contribution in [2.75, 3.05) is 0 Å². The fourth-order valence-corrected chi connectivity index (χ4v) is 1.49. The van der Waals surface area contributed by atoms with Crippen molar-refractivity contribution in [2.24, 2.45) is 0 Å². The summed E-state index contributed by atoms with van der Waals surface area (Å²) in [5, 5.41) is 11.2. The molecule has 84 valence electrons. The molecule has 1 rings (SSSR count). The Bertz CT molecular complexity index is 389. The Morgan fingerprint density at radius 2 is 2.06 bits per heavy atom. The lowest BCUT2D eigenvalue weighted by Crippen LogP contribution is -2.25. The van der Waals surface area contributed by atoms with E-state index in [-0.39, 0.29) is 18.4 Å². The van der Waals surface area contributed by atoms with Gasteiger partial charge in [-0.2, -0.15) is 5.26 Å². The lowest BCUT2D eigenvalue weighted by Gasteiger charge is -2.13. The smallest absolute Gasteiger partial charge is 0.234 e. The quantitative estimate of drug-likeness (QED) is 0.839. The third-order valence-corrected chi connectivity index (χ3v) is 2.51. The average molecular weight is 216 g/mol. The Labute approximate surface area is 96.1 Å². The van der Waals surface area contributed by atoms with E-state index in [0.717, 1.165) is 12.0 Å². The molecule has 0 saturated heterocycles. The Morgan fingerprint density at radius 1 is 1.44 bits per heavy atom. The first-order valence-electron chi connectivity index (χ1n) is 5.42. The number of amides is 1.